The molecule has 0 unspecified atom stereocenters. The highest BCUT2D eigenvalue weighted by Crippen LogP contribution is 2.33. The third-order valence-corrected chi connectivity index (χ3v) is 5.10. The van der Waals surface area contributed by atoms with E-state index in [1.54, 1.807) is 0 Å². The fourth-order valence-electron chi connectivity index (χ4n) is 2.76. The van der Waals surface area contributed by atoms with Crippen molar-refractivity contribution < 1.29 is 4.79 Å². The first kappa shape index (κ1) is 14.3. The van der Waals surface area contributed by atoms with Gasteiger partial charge in [0.1, 0.15) is 5.82 Å². The Morgan fingerprint density at radius 2 is 2.24 bits per heavy atom. The van der Waals surface area contributed by atoms with E-state index in [9.17, 15) is 4.79 Å². The van der Waals surface area contributed by atoms with Gasteiger partial charge in [-0.3, -0.25) is 4.79 Å². The molecule has 4 nitrogen and oxygen atoms in total. The maximum atomic E-state index is 12.0. The Morgan fingerprint density at radius 3 is 2.86 bits per heavy atom. The third-order valence-electron chi connectivity index (χ3n) is 4.10. The molecular formula is C16H21N3OS. The van der Waals surface area contributed by atoms with E-state index >= 15 is 0 Å². The Bertz CT molecular complexity index is 640. The van der Waals surface area contributed by atoms with Gasteiger partial charge in [0.15, 0.2) is 0 Å². The summed E-state index contributed by atoms with van der Waals surface area (Å²) in [6, 6.07) is 4.49. The van der Waals surface area contributed by atoms with Crippen LogP contribution >= 0.6 is 11.3 Å². The minimum Gasteiger partial charge on any atom is -0.351 e. The summed E-state index contributed by atoms with van der Waals surface area (Å²) in [7, 11) is 0. The van der Waals surface area contributed by atoms with Gasteiger partial charge in [-0.25, -0.2) is 4.98 Å². The molecular weight excluding hydrogens is 282 g/mol. The number of amides is 1. The van der Waals surface area contributed by atoms with Gasteiger partial charge in [-0.2, -0.15) is 0 Å². The zero-order valence-electron chi connectivity index (χ0n) is 12.6. The zero-order chi connectivity index (χ0) is 14.8. The normalized spacial score (nSPS) is 15.0. The Morgan fingerprint density at radius 1 is 1.43 bits per heavy atom. The summed E-state index contributed by atoms with van der Waals surface area (Å²) in [6.07, 6.45) is 6.56. The van der Waals surface area contributed by atoms with E-state index in [4.69, 9.17) is 0 Å². The standard InChI is InChI=1S/C16H21N3OS/c1-11-10-18-15(19(11)13-4-3-5-13)8-9-17-16(20)14-7-6-12(2)21-14/h6-7,10,13H,3-5,8-9H2,1-2H3,(H,17,20). The lowest BCUT2D eigenvalue weighted by atomic mass is 9.92. The van der Waals surface area contributed by atoms with Crippen molar-refractivity contribution in [2.75, 3.05) is 6.54 Å². The lowest BCUT2D eigenvalue weighted by Crippen LogP contribution is -2.27. The van der Waals surface area contributed by atoms with E-state index in [-0.39, 0.29) is 5.91 Å². The molecule has 2 aromatic rings. The van der Waals surface area contributed by atoms with Crippen molar-refractivity contribution in [1.82, 2.24) is 14.9 Å². The topological polar surface area (TPSA) is 46.9 Å². The fourth-order valence-corrected chi connectivity index (χ4v) is 3.54. The number of hydrogen-bond donors (Lipinski definition) is 1. The highest BCUT2D eigenvalue weighted by atomic mass is 32.1. The largest absolute Gasteiger partial charge is 0.351 e. The van der Waals surface area contributed by atoms with Crippen LogP contribution in [0.5, 0.6) is 0 Å². The van der Waals surface area contributed by atoms with Crippen molar-refractivity contribution >= 4 is 17.2 Å². The molecule has 112 valence electrons. The Labute approximate surface area is 129 Å². The van der Waals surface area contributed by atoms with Gasteiger partial charge < -0.3 is 9.88 Å². The van der Waals surface area contributed by atoms with Gasteiger partial charge in [-0.05, 0) is 45.2 Å². The molecule has 1 N–H and O–H groups in total. The van der Waals surface area contributed by atoms with Crippen LogP contribution in [0, 0.1) is 13.8 Å². The molecule has 21 heavy (non-hydrogen) atoms. The lowest BCUT2D eigenvalue weighted by Gasteiger charge is -2.29. The zero-order valence-corrected chi connectivity index (χ0v) is 13.4. The highest BCUT2D eigenvalue weighted by Gasteiger charge is 2.23. The van der Waals surface area contributed by atoms with Gasteiger partial charge in [0.2, 0.25) is 0 Å². The average Bonchev–Trinajstić information content (AvgIpc) is 2.97. The number of carbonyl (C=O) groups is 1. The van der Waals surface area contributed by atoms with Gasteiger partial charge in [0, 0.05) is 35.8 Å². The van der Waals surface area contributed by atoms with Crippen LogP contribution in [0.3, 0.4) is 0 Å². The molecule has 3 rings (SSSR count). The third kappa shape index (κ3) is 3.02. The van der Waals surface area contributed by atoms with Crippen LogP contribution in [0.1, 0.15) is 51.4 Å². The van der Waals surface area contributed by atoms with Crippen LogP contribution in [0.15, 0.2) is 18.3 Å². The van der Waals surface area contributed by atoms with Gasteiger partial charge in [-0.15, -0.1) is 11.3 Å². The van der Waals surface area contributed by atoms with E-state index in [0.29, 0.717) is 12.6 Å². The van der Waals surface area contributed by atoms with E-state index in [0.717, 1.165) is 22.0 Å². The number of carbonyl (C=O) groups excluding carboxylic acids is 1. The first-order valence-corrected chi connectivity index (χ1v) is 8.34. The van der Waals surface area contributed by atoms with Crippen molar-refractivity contribution in [3.8, 4) is 0 Å². The summed E-state index contributed by atoms with van der Waals surface area (Å²) in [5, 5.41) is 2.99. The fraction of sp³-hybridized carbons (Fsp3) is 0.500. The molecule has 0 aromatic carbocycles. The van der Waals surface area contributed by atoms with E-state index in [2.05, 4.69) is 21.8 Å². The number of nitrogens with one attached hydrogen (secondary N) is 1. The molecule has 1 amide bonds. The number of aromatic nitrogens is 2. The molecule has 0 saturated heterocycles. The van der Waals surface area contributed by atoms with Crippen molar-refractivity contribution in [3.05, 3.63) is 39.6 Å². The minimum absolute atomic E-state index is 0.0200. The SMILES string of the molecule is Cc1ccc(C(=O)NCCc2ncc(C)n2C2CCC2)s1. The van der Waals surface area contributed by atoms with Crippen molar-refractivity contribution in [1.29, 1.82) is 0 Å². The first-order chi connectivity index (χ1) is 10.1. The molecule has 0 aliphatic heterocycles. The molecule has 2 heterocycles. The van der Waals surface area contributed by atoms with Gasteiger partial charge in [-0.1, -0.05) is 0 Å². The maximum absolute atomic E-state index is 12.0. The highest BCUT2D eigenvalue weighted by molar-refractivity contribution is 7.13. The maximum Gasteiger partial charge on any atom is 0.261 e. The second-order valence-electron chi connectivity index (χ2n) is 5.69. The summed E-state index contributed by atoms with van der Waals surface area (Å²) >= 11 is 1.53. The minimum atomic E-state index is 0.0200. The van der Waals surface area contributed by atoms with Gasteiger partial charge in [0.05, 0.1) is 4.88 Å². The predicted octanol–water partition coefficient (Wildman–Crippen LogP) is 3.26. The summed E-state index contributed by atoms with van der Waals surface area (Å²) in [4.78, 5) is 18.5. The molecule has 0 atom stereocenters. The number of hydrogen-bond acceptors (Lipinski definition) is 3. The number of nitrogens with zero attached hydrogens (tertiary/aromatic N) is 2. The first-order valence-electron chi connectivity index (χ1n) is 7.52. The quantitative estimate of drug-likeness (QED) is 0.921. The molecule has 1 saturated carbocycles. The molecule has 0 spiro atoms. The summed E-state index contributed by atoms with van der Waals surface area (Å²) < 4.78 is 2.35. The molecule has 2 aromatic heterocycles. The summed E-state index contributed by atoms with van der Waals surface area (Å²) in [5.41, 5.74) is 1.23. The second-order valence-corrected chi connectivity index (χ2v) is 6.97. The smallest absolute Gasteiger partial charge is 0.261 e. The average molecular weight is 303 g/mol. The predicted molar refractivity (Wildman–Crippen MR) is 84.9 cm³/mol. The number of imidazole rings is 1. The van der Waals surface area contributed by atoms with Crippen LogP contribution in [-0.4, -0.2) is 22.0 Å². The molecule has 5 heteroatoms. The molecule has 1 fully saturated rings. The summed E-state index contributed by atoms with van der Waals surface area (Å²) in [6.45, 7) is 4.76. The molecule has 1 aliphatic carbocycles. The number of rotatable bonds is 5. The van der Waals surface area contributed by atoms with Crippen LogP contribution in [0.25, 0.3) is 0 Å². The van der Waals surface area contributed by atoms with Crippen LogP contribution in [0.2, 0.25) is 0 Å². The van der Waals surface area contributed by atoms with Gasteiger partial charge in [0.25, 0.3) is 5.91 Å². The molecule has 0 bridgehead atoms. The van der Waals surface area contributed by atoms with Crippen molar-refractivity contribution in [2.24, 2.45) is 0 Å². The van der Waals surface area contributed by atoms with Crippen molar-refractivity contribution in [2.45, 2.75) is 45.6 Å². The molecule has 1 aliphatic rings. The Kier molecular flexibility index (Phi) is 4.10. The van der Waals surface area contributed by atoms with Crippen molar-refractivity contribution in [3.63, 3.8) is 0 Å². The van der Waals surface area contributed by atoms with E-state index in [1.807, 2.05) is 25.3 Å². The summed E-state index contributed by atoms with van der Waals surface area (Å²) in [5.74, 6) is 1.12. The van der Waals surface area contributed by atoms with Crippen LogP contribution < -0.4 is 5.32 Å². The van der Waals surface area contributed by atoms with E-state index in [1.165, 1.54) is 36.3 Å². The van der Waals surface area contributed by atoms with Crippen LogP contribution in [0.4, 0.5) is 0 Å². The van der Waals surface area contributed by atoms with E-state index < -0.39 is 0 Å². The second kappa shape index (κ2) is 6.02. The van der Waals surface area contributed by atoms with Gasteiger partial charge >= 0.3 is 0 Å². The monoisotopic (exact) mass is 303 g/mol. The number of aryl methyl sites for hydroxylation is 2. The Balaban J connectivity index is 1.57. The lowest BCUT2D eigenvalue weighted by molar-refractivity contribution is 0.0958. The number of thiophene rings is 1. The Hall–Kier alpha value is -1.62. The van der Waals surface area contributed by atoms with Crippen LogP contribution in [-0.2, 0) is 6.42 Å². The molecule has 0 radical (unpaired) electrons.